The van der Waals surface area contributed by atoms with Crippen LogP contribution in [0.3, 0.4) is 0 Å². The van der Waals surface area contributed by atoms with Crippen molar-refractivity contribution in [1.29, 1.82) is 0 Å². The van der Waals surface area contributed by atoms with Gasteiger partial charge in [0.2, 0.25) is 11.6 Å². The van der Waals surface area contributed by atoms with Crippen molar-refractivity contribution in [3.63, 3.8) is 0 Å². The minimum Gasteiger partial charge on any atom is -0.443 e. The maximum absolute atomic E-state index is 14.3. The molecule has 6 N–H and O–H groups in total. The zero-order valence-corrected chi connectivity index (χ0v) is 42.1. The summed E-state index contributed by atoms with van der Waals surface area (Å²) >= 11 is 0. The van der Waals surface area contributed by atoms with Gasteiger partial charge in [-0.2, -0.15) is 0 Å². The molecule has 68 heavy (non-hydrogen) atoms. The van der Waals surface area contributed by atoms with Gasteiger partial charge in [-0.25, -0.2) is 4.79 Å². The molecule has 6 aliphatic rings. The lowest BCUT2D eigenvalue weighted by Crippen LogP contribution is -2.63. The number of primary amides is 1. The van der Waals surface area contributed by atoms with Gasteiger partial charge < -0.3 is 40.8 Å². The van der Waals surface area contributed by atoms with Crippen molar-refractivity contribution < 1.29 is 48.4 Å². The number of ketones is 3. The first kappa shape index (κ1) is 52.8. The molecule has 3 fully saturated rings. The molecule has 1 unspecified atom stereocenters. The molecule has 372 valence electrons. The maximum atomic E-state index is 14.3. The smallest absolute Gasteiger partial charge is 0.404 e. The summed E-state index contributed by atoms with van der Waals surface area (Å²) in [4.78, 5) is 66.0. The fourth-order valence-corrected chi connectivity index (χ4v) is 13.2. The van der Waals surface area contributed by atoms with Crippen molar-refractivity contribution in [2.24, 2.45) is 45.1 Å². The van der Waals surface area contributed by atoms with Gasteiger partial charge in [-0.3, -0.25) is 19.2 Å². The number of nitrogens with one attached hydrogen (secondary N) is 2. The van der Waals surface area contributed by atoms with Gasteiger partial charge in [0.05, 0.1) is 23.6 Å². The number of methoxy groups -OCH3 is 2. The summed E-state index contributed by atoms with van der Waals surface area (Å²) in [7, 11) is 2.98. The summed E-state index contributed by atoms with van der Waals surface area (Å²) in [6.07, 6.45) is 14.2. The molecule has 2 amide bonds. The first-order valence-electron chi connectivity index (χ1n) is 24.7. The number of aliphatic hydroxyl groups excluding tert-OH is 1. The van der Waals surface area contributed by atoms with Crippen LogP contribution in [0.4, 0.5) is 4.79 Å². The van der Waals surface area contributed by atoms with Gasteiger partial charge in [0.15, 0.2) is 5.78 Å². The van der Waals surface area contributed by atoms with Crippen LogP contribution in [0, 0.1) is 51.3 Å². The lowest BCUT2D eigenvalue weighted by atomic mass is 9.36. The minimum atomic E-state index is -1.14. The molecule has 13 nitrogen and oxygen atoms in total. The van der Waals surface area contributed by atoms with Crippen molar-refractivity contribution in [1.82, 2.24) is 10.6 Å². The summed E-state index contributed by atoms with van der Waals surface area (Å²) in [6, 6.07) is 0. The fourth-order valence-electron chi connectivity index (χ4n) is 13.2. The van der Waals surface area contributed by atoms with Gasteiger partial charge in [-0.05, 0) is 112 Å². The molecule has 0 spiro atoms. The lowest BCUT2D eigenvalue weighted by Gasteiger charge is -2.68. The van der Waals surface area contributed by atoms with Crippen LogP contribution in [0.2, 0.25) is 0 Å². The Bertz CT molecular complexity index is 2280. The number of allylic oxidation sites excluding steroid dienone is 5. The normalized spacial score (nSPS) is 40.3. The highest BCUT2D eigenvalue weighted by Crippen LogP contribution is 2.76. The lowest BCUT2D eigenvalue weighted by molar-refractivity contribution is -0.188. The average Bonchev–Trinajstić information content (AvgIpc) is 3.48. The third-order valence-corrected chi connectivity index (χ3v) is 17.8. The predicted octanol–water partition coefficient (Wildman–Crippen LogP) is 7.57. The molecular weight excluding hydrogens is 863 g/mol. The van der Waals surface area contributed by atoms with Crippen molar-refractivity contribution in [2.45, 2.75) is 169 Å². The molecule has 1 aliphatic heterocycles. The van der Waals surface area contributed by atoms with E-state index in [9.17, 15) is 34.2 Å². The van der Waals surface area contributed by atoms with Crippen molar-refractivity contribution in [3.8, 4) is 11.8 Å². The van der Waals surface area contributed by atoms with E-state index in [-0.39, 0.29) is 69.2 Å². The molecular formula is C55H77N3O10. The van der Waals surface area contributed by atoms with E-state index in [0.717, 1.165) is 50.2 Å². The Kier molecular flexibility index (Phi) is 16.1. The van der Waals surface area contributed by atoms with E-state index < -0.39 is 59.0 Å². The van der Waals surface area contributed by atoms with Gasteiger partial charge in [-0.15, -0.1) is 5.92 Å². The molecule has 5 aliphatic carbocycles. The highest BCUT2D eigenvalue weighted by Gasteiger charge is 2.72. The highest BCUT2D eigenvalue weighted by atomic mass is 16.6. The van der Waals surface area contributed by atoms with E-state index in [4.69, 9.17) is 19.9 Å². The third-order valence-electron chi connectivity index (χ3n) is 17.8. The Morgan fingerprint density at radius 1 is 0.941 bits per heavy atom. The van der Waals surface area contributed by atoms with Crippen LogP contribution in [0.1, 0.15) is 139 Å². The number of rotatable bonds is 7. The molecule has 6 rings (SSSR count). The molecule has 0 aromatic heterocycles. The number of carbonyl (C=O) groups excluding carboxylic acids is 5. The van der Waals surface area contributed by atoms with Crippen molar-refractivity contribution >= 4 is 29.4 Å². The summed E-state index contributed by atoms with van der Waals surface area (Å²) in [5.41, 5.74) is 6.39. The second-order valence-electron chi connectivity index (χ2n) is 21.8. The van der Waals surface area contributed by atoms with E-state index in [1.54, 1.807) is 19.1 Å². The topological polar surface area (TPSA) is 204 Å². The molecule has 0 aromatic rings. The number of Topliss-reactive ketones (excluding diaryl/α,β-unsaturated/α-hetero) is 1. The minimum absolute atomic E-state index is 0.0211. The molecule has 3 saturated carbocycles. The zero-order valence-electron chi connectivity index (χ0n) is 42.1. The number of carbonyl (C=O) groups is 5. The molecule has 12 atom stereocenters. The standard InChI is InChI=1S/C55H77N3O10/c1-33-27-36(4)47(61)44(67-10)30-34(2)28-39-46(41(60)32-40(48(39)62)58-49(63)35(3)15-14-16-42(66-9)43(29-33)68-50(56)64)57-26-13-11-12-20-55(65)25-23-53(7)45-18-17-37-31-38(59)19-21-51(37,5)52(45,6)22-24-54(53,55)8/h14-16,27,31-32,34,36,42-45,47,57,61,65H,11,13,17-19,21-26,28-30H2,1-10H3,(H2,56,64)(H,58,63)/b16-14-,33-27+,35-15+/t34-,36+,42-,43-,44-,45?,47-,51-,52-,53-,54-,55-/m0/s1. The first-order valence-corrected chi connectivity index (χ1v) is 24.7. The zero-order chi connectivity index (χ0) is 50.0. The molecule has 13 heteroatoms. The number of hydrogen-bond donors (Lipinski definition) is 5. The Morgan fingerprint density at radius 3 is 2.35 bits per heavy atom. The second kappa shape index (κ2) is 20.8. The molecule has 1 heterocycles. The fraction of sp³-hybridized carbons (Fsp3) is 0.655. The van der Waals surface area contributed by atoms with E-state index in [2.05, 4.69) is 50.2 Å². The first-order chi connectivity index (χ1) is 32.0. The Labute approximate surface area is 403 Å². The quantitative estimate of drug-likeness (QED) is 0.0729. The Balaban J connectivity index is 1.19. The number of unbranched alkanes of at least 4 members (excludes halogenated alkanes) is 1. The van der Waals surface area contributed by atoms with Crippen LogP contribution < -0.4 is 16.4 Å². The van der Waals surface area contributed by atoms with E-state index >= 15 is 0 Å². The SMILES string of the molecule is CO[C@H]1/C=C\C=C(/C)C(=O)NC2=CC(=O)C(NCCCC#C[C@]3(O)CC[C@@]4(C)C5CCC6=CC(=O)CC[C@]6(C)[C@@]5(C)CC[C@@]43C)=C(C[C@H](C)C[C@H](OC)[C@@H](O)[C@H](C)/C=C(\C)C[C@@H]1OC(N)=O)C2=O. The van der Waals surface area contributed by atoms with Crippen molar-refractivity contribution in [2.75, 3.05) is 20.8 Å². The number of amides is 2. The Morgan fingerprint density at radius 2 is 1.66 bits per heavy atom. The van der Waals surface area contributed by atoms with Gasteiger partial charge in [-0.1, -0.05) is 82.9 Å². The van der Waals surface area contributed by atoms with E-state index in [0.29, 0.717) is 44.6 Å². The molecule has 0 saturated heterocycles. The largest absolute Gasteiger partial charge is 0.443 e. The van der Waals surface area contributed by atoms with Gasteiger partial charge in [0, 0.05) is 68.6 Å². The van der Waals surface area contributed by atoms with Crippen LogP contribution in [0.15, 0.2) is 70.1 Å². The second-order valence-corrected chi connectivity index (χ2v) is 21.8. The van der Waals surface area contributed by atoms with Crippen LogP contribution in [0.25, 0.3) is 0 Å². The molecule has 2 bridgehead atoms. The number of hydrogen-bond acceptors (Lipinski definition) is 11. The van der Waals surface area contributed by atoms with Crippen LogP contribution in [-0.2, 0) is 33.4 Å². The number of fused-ring (bicyclic) bond motifs is 7. The molecule has 0 aromatic carbocycles. The number of nitrogens with two attached hydrogens (primary N) is 1. The van der Waals surface area contributed by atoms with E-state index in [1.165, 1.54) is 25.9 Å². The maximum Gasteiger partial charge on any atom is 0.404 e. The molecule has 0 radical (unpaired) electrons. The van der Waals surface area contributed by atoms with Gasteiger partial charge >= 0.3 is 6.09 Å². The highest BCUT2D eigenvalue weighted by molar-refractivity contribution is 6.23. The average molecular weight is 940 g/mol. The van der Waals surface area contributed by atoms with Crippen LogP contribution in [0.5, 0.6) is 0 Å². The van der Waals surface area contributed by atoms with Gasteiger partial charge in [0.1, 0.15) is 17.8 Å². The van der Waals surface area contributed by atoms with Crippen LogP contribution in [-0.4, -0.2) is 90.3 Å². The Hall–Kier alpha value is -4.61. The third kappa shape index (κ3) is 10.0. The summed E-state index contributed by atoms with van der Waals surface area (Å²) in [5.74, 6) is 5.19. The number of ether oxygens (including phenoxy) is 3. The van der Waals surface area contributed by atoms with Crippen molar-refractivity contribution in [3.05, 3.63) is 70.1 Å². The van der Waals surface area contributed by atoms with Crippen LogP contribution >= 0.6 is 0 Å². The number of aliphatic hydroxyl groups is 2. The summed E-state index contributed by atoms with van der Waals surface area (Å²) in [6.45, 7) is 17.0. The monoisotopic (exact) mass is 940 g/mol. The van der Waals surface area contributed by atoms with E-state index in [1.807, 2.05) is 32.9 Å². The predicted molar refractivity (Wildman–Crippen MR) is 260 cm³/mol. The summed E-state index contributed by atoms with van der Waals surface area (Å²) in [5, 5.41) is 29.9. The van der Waals surface area contributed by atoms with Gasteiger partial charge in [0.25, 0.3) is 5.91 Å². The summed E-state index contributed by atoms with van der Waals surface area (Å²) < 4.78 is 16.9.